The quantitative estimate of drug-likeness (QED) is 0.706. The molecule has 0 saturated carbocycles. The normalized spacial score (nSPS) is 16.6. The molecule has 1 aromatic carbocycles. The number of aromatic nitrogens is 2. The summed E-state index contributed by atoms with van der Waals surface area (Å²) in [6, 6.07) is 6.24. The van der Waals surface area contributed by atoms with Gasteiger partial charge in [-0.2, -0.15) is 0 Å². The summed E-state index contributed by atoms with van der Waals surface area (Å²) < 4.78 is 5.14. The average Bonchev–Trinajstić information content (AvgIpc) is 2.15. The third-order valence-corrected chi connectivity index (χ3v) is 2.76. The molecule has 0 N–H and O–H groups in total. The van der Waals surface area contributed by atoms with E-state index in [0.717, 1.165) is 29.9 Å². The van der Waals surface area contributed by atoms with Crippen molar-refractivity contribution in [1.29, 1.82) is 0 Å². The van der Waals surface area contributed by atoms with E-state index in [-0.39, 0.29) is 0 Å². The van der Waals surface area contributed by atoms with Gasteiger partial charge in [0.25, 0.3) is 0 Å². The van der Waals surface area contributed by atoms with Crippen LogP contribution in [-0.2, 0) is 4.74 Å². The lowest BCUT2D eigenvalue weighted by Crippen LogP contribution is -2.26. The van der Waals surface area contributed by atoms with Crippen LogP contribution in [0.5, 0.6) is 0 Å². The highest BCUT2D eigenvalue weighted by molar-refractivity contribution is 5.78. The minimum absolute atomic E-state index is 0.399. The molecule has 0 amide bonds. The Labute approximate surface area is 88.1 Å². The molecule has 2 heterocycles. The fourth-order valence-electron chi connectivity index (χ4n) is 1.75. The lowest BCUT2D eigenvalue weighted by Gasteiger charge is -2.24. The van der Waals surface area contributed by atoms with E-state index in [1.165, 1.54) is 5.56 Å². The van der Waals surface area contributed by atoms with E-state index in [1.807, 2.05) is 6.20 Å². The molecule has 3 heteroatoms. The van der Waals surface area contributed by atoms with Crippen LogP contribution in [0.2, 0.25) is 0 Å². The molecule has 3 nitrogen and oxygen atoms in total. The third-order valence-electron chi connectivity index (χ3n) is 2.76. The highest BCUT2D eigenvalue weighted by Crippen LogP contribution is 2.22. The van der Waals surface area contributed by atoms with Gasteiger partial charge in [-0.05, 0) is 19.1 Å². The van der Waals surface area contributed by atoms with Crippen molar-refractivity contribution in [3.8, 4) is 0 Å². The van der Waals surface area contributed by atoms with E-state index in [0.29, 0.717) is 5.92 Å². The van der Waals surface area contributed by atoms with E-state index >= 15 is 0 Å². The Bertz CT molecular complexity index is 506. The van der Waals surface area contributed by atoms with Crippen LogP contribution in [0.25, 0.3) is 10.9 Å². The molecule has 0 radical (unpaired) electrons. The van der Waals surface area contributed by atoms with Crippen LogP contribution in [0, 0.1) is 6.92 Å². The SMILES string of the molecule is Cc1ccc2nc(C3COC3)ncc2c1. The Hall–Kier alpha value is -1.48. The van der Waals surface area contributed by atoms with Crippen LogP contribution in [0.4, 0.5) is 0 Å². The number of benzene rings is 1. The topological polar surface area (TPSA) is 35.0 Å². The molecule has 76 valence electrons. The van der Waals surface area contributed by atoms with Crippen molar-refractivity contribution >= 4 is 10.9 Å². The summed E-state index contributed by atoms with van der Waals surface area (Å²) in [5, 5.41) is 1.11. The summed E-state index contributed by atoms with van der Waals surface area (Å²) in [5.41, 5.74) is 2.27. The first-order valence-electron chi connectivity index (χ1n) is 5.14. The van der Waals surface area contributed by atoms with Crippen molar-refractivity contribution in [2.75, 3.05) is 13.2 Å². The number of hydrogen-bond donors (Lipinski definition) is 0. The van der Waals surface area contributed by atoms with Gasteiger partial charge in [0.2, 0.25) is 0 Å². The molecule has 3 rings (SSSR count). The van der Waals surface area contributed by atoms with E-state index in [2.05, 4.69) is 35.1 Å². The van der Waals surface area contributed by atoms with Crippen molar-refractivity contribution in [2.45, 2.75) is 12.8 Å². The van der Waals surface area contributed by atoms with Crippen molar-refractivity contribution in [1.82, 2.24) is 9.97 Å². The van der Waals surface area contributed by atoms with Crippen molar-refractivity contribution in [3.63, 3.8) is 0 Å². The maximum Gasteiger partial charge on any atom is 0.136 e. The van der Waals surface area contributed by atoms with Gasteiger partial charge in [0.15, 0.2) is 0 Å². The van der Waals surface area contributed by atoms with Crippen LogP contribution < -0.4 is 0 Å². The summed E-state index contributed by atoms with van der Waals surface area (Å²) in [4.78, 5) is 8.93. The predicted octanol–water partition coefficient (Wildman–Crippen LogP) is 2.05. The first-order valence-corrected chi connectivity index (χ1v) is 5.14. The molecule has 0 atom stereocenters. The lowest BCUT2D eigenvalue weighted by atomic mass is 10.1. The molecule has 2 aromatic rings. The average molecular weight is 200 g/mol. The predicted molar refractivity (Wildman–Crippen MR) is 57.8 cm³/mol. The highest BCUT2D eigenvalue weighted by atomic mass is 16.5. The first-order chi connectivity index (χ1) is 7.33. The largest absolute Gasteiger partial charge is 0.380 e. The van der Waals surface area contributed by atoms with Gasteiger partial charge in [-0.1, -0.05) is 11.6 Å². The Balaban J connectivity index is 2.09. The van der Waals surface area contributed by atoms with Crippen LogP contribution in [0.15, 0.2) is 24.4 Å². The summed E-state index contributed by atoms with van der Waals surface area (Å²) >= 11 is 0. The second kappa shape index (κ2) is 3.28. The second-order valence-electron chi connectivity index (χ2n) is 4.02. The molecule has 15 heavy (non-hydrogen) atoms. The number of fused-ring (bicyclic) bond motifs is 1. The highest BCUT2D eigenvalue weighted by Gasteiger charge is 2.23. The summed E-state index contributed by atoms with van der Waals surface area (Å²) in [5.74, 6) is 1.31. The van der Waals surface area contributed by atoms with Gasteiger partial charge in [0, 0.05) is 11.6 Å². The van der Waals surface area contributed by atoms with Gasteiger partial charge in [-0.3, -0.25) is 0 Å². The Morgan fingerprint density at radius 3 is 2.93 bits per heavy atom. The van der Waals surface area contributed by atoms with Crippen molar-refractivity contribution < 1.29 is 4.74 Å². The molecular weight excluding hydrogens is 188 g/mol. The van der Waals surface area contributed by atoms with Crippen LogP contribution in [0.3, 0.4) is 0 Å². The summed E-state index contributed by atoms with van der Waals surface area (Å²) in [7, 11) is 0. The summed E-state index contributed by atoms with van der Waals surface area (Å²) in [6.45, 7) is 3.60. The fraction of sp³-hybridized carbons (Fsp3) is 0.333. The van der Waals surface area contributed by atoms with Gasteiger partial charge >= 0.3 is 0 Å². The van der Waals surface area contributed by atoms with E-state index in [9.17, 15) is 0 Å². The van der Waals surface area contributed by atoms with Gasteiger partial charge in [0.05, 0.1) is 24.6 Å². The number of ether oxygens (including phenoxy) is 1. The molecule has 1 saturated heterocycles. The zero-order valence-corrected chi connectivity index (χ0v) is 8.60. The fourth-order valence-corrected chi connectivity index (χ4v) is 1.75. The number of nitrogens with zero attached hydrogens (tertiary/aromatic N) is 2. The maximum atomic E-state index is 5.14. The Kier molecular flexibility index (Phi) is 1.92. The van der Waals surface area contributed by atoms with Crippen molar-refractivity contribution in [3.05, 3.63) is 35.8 Å². The minimum atomic E-state index is 0.399. The molecule has 1 aliphatic heterocycles. The maximum absolute atomic E-state index is 5.14. The van der Waals surface area contributed by atoms with Gasteiger partial charge in [-0.25, -0.2) is 9.97 Å². The molecule has 0 spiro atoms. The third kappa shape index (κ3) is 1.49. The molecule has 1 aliphatic rings. The number of hydrogen-bond acceptors (Lipinski definition) is 3. The molecular formula is C12H12N2O. The smallest absolute Gasteiger partial charge is 0.136 e. The van der Waals surface area contributed by atoms with Crippen molar-refractivity contribution in [2.24, 2.45) is 0 Å². The molecule has 1 fully saturated rings. The van der Waals surface area contributed by atoms with Crippen LogP contribution in [-0.4, -0.2) is 23.2 Å². The summed E-state index contributed by atoms with van der Waals surface area (Å²) in [6.07, 6.45) is 1.91. The number of aryl methyl sites for hydroxylation is 1. The standard InChI is InChI=1S/C12H12N2O/c1-8-2-3-11-9(4-8)5-13-12(14-11)10-6-15-7-10/h2-5,10H,6-7H2,1H3. The minimum Gasteiger partial charge on any atom is -0.380 e. The monoisotopic (exact) mass is 200 g/mol. The Morgan fingerprint density at radius 1 is 1.33 bits per heavy atom. The first kappa shape index (κ1) is 8.80. The van der Waals surface area contributed by atoms with Crippen LogP contribution in [0.1, 0.15) is 17.3 Å². The number of rotatable bonds is 1. The molecule has 0 bridgehead atoms. The molecule has 1 aromatic heterocycles. The Morgan fingerprint density at radius 2 is 2.20 bits per heavy atom. The van der Waals surface area contributed by atoms with Crippen LogP contribution >= 0.6 is 0 Å². The van der Waals surface area contributed by atoms with E-state index in [4.69, 9.17) is 4.74 Å². The molecule has 0 unspecified atom stereocenters. The van der Waals surface area contributed by atoms with E-state index in [1.54, 1.807) is 0 Å². The zero-order valence-electron chi connectivity index (χ0n) is 8.60. The van der Waals surface area contributed by atoms with Gasteiger partial charge < -0.3 is 4.74 Å². The van der Waals surface area contributed by atoms with E-state index < -0.39 is 0 Å². The van der Waals surface area contributed by atoms with Gasteiger partial charge in [-0.15, -0.1) is 0 Å². The molecule has 0 aliphatic carbocycles. The lowest BCUT2D eigenvalue weighted by molar-refractivity contribution is 0.00499. The second-order valence-corrected chi connectivity index (χ2v) is 4.02. The van der Waals surface area contributed by atoms with Gasteiger partial charge in [0.1, 0.15) is 5.82 Å². The zero-order chi connectivity index (χ0) is 10.3.